The number of amides is 1. The first-order valence-corrected chi connectivity index (χ1v) is 7.83. The molecule has 0 unspecified atom stereocenters. The van der Waals surface area contributed by atoms with Crippen LogP contribution in [-0.4, -0.2) is 24.2 Å². The van der Waals surface area contributed by atoms with Crippen molar-refractivity contribution in [2.75, 3.05) is 13.7 Å². The maximum absolute atomic E-state index is 14.0. The third kappa shape index (κ3) is 3.77. The molecule has 0 aliphatic heterocycles. The molecule has 0 fully saturated rings. The highest BCUT2D eigenvalue weighted by atomic mass is 32.1. The summed E-state index contributed by atoms with van der Waals surface area (Å²) in [5.41, 5.74) is 0.488. The number of para-hydroxylation sites is 1. The number of methoxy groups -OCH3 is 1. The van der Waals surface area contributed by atoms with Crippen molar-refractivity contribution in [2.45, 2.75) is 32.7 Å². The standard InChI is InChI=1S/C15H19FN2O2S/c1-3-4-8-13(19)17-15-18(9-10-20-2)14-11(16)6-5-7-12(14)21-15/h5-7H,3-4,8-10H2,1-2H3. The average Bonchev–Trinajstić information content (AvgIpc) is 2.81. The Hall–Kier alpha value is -1.53. The van der Waals surface area contributed by atoms with Gasteiger partial charge in [0.15, 0.2) is 4.80 Å². The van der Waals surface area contributed by atoms with Crippen molar-refractivity contribution in [3.8, 4) is 0 Å². The van der Waals surface area contributed by atoms with Crippen LogP contribution in [0.5, 0.6) is 0 Å². The fourth-order valence-electron chi connectivity index (χ4n) is 2.05. The number of halogens is 1. The maximum atomic E-state index is 14.0. The number of thiazole rings is 1. The second-order valence-electron chi connectivity index (χ2n) is 4.72. The summed E-state index contributed by atoms with van der Waals surface area (Å²) >= 11 is 1.33. The zero-order valence-corrected chi connectivity index (χ0v) is 13.1. The number of fused-ring (bicyclic) bond motifs is 1. The first kappa shape index (κ1) is 15.9. The summed E-state index contributed by atoms with van der Waals surface area (Å²) in [5.74, 6) is -0.461. The molecule has 0 saturated carbocycles. The average molecular weight is 310 g/mol. The molecule has 0 saturated heterocycles. The van der Waals surface area contributed by atoms with Crippen molar-refractivity contribution < 1.29 is 13.9 Å². The molecular formula is C15H19FN2O2S. The molecule has 0 bridgehead atoms. The second kappa shape index (κ2) is 7.47. The molecule has 0 atom stereocenters. The Bertz CT molecular complexity index is 691. The molecule has 1 heterocycles. The van der Waals surface area contributed by atoms with Crippen molar-refractivity contribution in [1.29, 1.82) is 0 Å². The van der Waals surface area contributed by atoms with Gasteiger partial charge < -0.3 is 9.30 Å². The smallest absolute Gasteiger partial charge is 0.248 e. The van der Waals surface area contributed by atoms with Gasteiger partial charge in [-0.05, 0) is 18.6 Å². The van der Waals surface area contributed by atoms with Crippen LogP contribution in [0.2, 0.25) is 0 Å². The largest absolute Gasteiger partial charge is 0.383 e. The number of rotatable bonds is 6. The Morgan fingerprint density at radius 3 is 3.00 bits per heavy atom. The molecule has 0 aliphatic rings. The first-order valence-electron chi connectivity index (χ1n) is 7.01. The highest BCUT2D eigenvalue weighted by Crippen LogP contribution is 2.20. The number of benzene rings is 1. The van der Waals surface area contributed by atoms with Gasteiger partial charge in [0.2, 0.25) is 5.91 Å². The van der Waals surface area contributed by atoms with E-state index in [9.17, 15) is 9.18 Å². The van der Waals surface area contributed by atoms with Gasteiger partial charge in [-0.2, -0.15) is 4.99 Å². The number of carbonyl (C=O) groups is 1. The highest BCUT2D eigenvalue weighted by molar-refractivity contribution is 7.16. The van der Waals surface area contributed by atoms with Gasteiger partial charge in [0.05, 0.1) is 16.8 Å². The Morgan fingerprint density at radius 1 is 1.48 bits per heavy atom. The summed E-state index contributed by atoms with van der Waals surface area (Å²) < 4.78 is 21.6. The van der Waals surface area contributed by atoms with Crippen LogP contribution in [0.3, 0.4) is 0 Å². The van der Waals surface area contributed by atoms with Crippen molar-refractivity contribution in [3.05, 3.63) is 28.8 Å². The second-order valence-corrected chi connectivity index (χ2v) is 5.73. The van der Waals surface area contributed by atoms with Crippen molar-refractivity contribution in [1.82, 2.24) is 4.57 Å². The molecule has 6 heteroatoms. The van der Waals surface area contributed by atoms with Crippen molar-refractivity contribution >= 4 is 27.5 Å². The number of hydrogen-bond donors (Lipinski definition) is 0. The zero-order valence-electron chi connectivity index (χ0n) is 12.3. The summed E-state index contributed by atoms with van der Waals surface area (Å²) in [6.07, 6.45) is 2.20. The van der Waals surface area contributed by atoms with Crippen LogP contribution in [-0.2, 0) is 16.1 Å². The lowest BCUT2D eigenvalue weighted by Crippen LogP contribution is -2.19. The Labute approximate surface area is 126 Å². The van der Waals surface area contributed by atoms with E-state index in [2.05, 4.69) is 4.99 Å². The topological polar surface area (TPSA) is 43.6 Å². The lowest BCUT2D eigenvalue weighted by atomic mass is 10.2. The molecule has 114 valence electrons. The number of nitrogens with zero attached hydrogens (tertiary/aromatic N) is 2. The van der Waals surface area contributed by atoms with Gasteiger partial charge in [-0.25, -0.2) is 4.39 Å². The van der Waals surface area contributed by atoms with E-state index < -0.39 is 0 Å². The monoisotopic (exact) mass is 310 g/mol. The third-order valence-corrected chi connectivity index (χ3v) is 4.18. The molecule has 0 radical (unpaired) electrons. The molecule has 4 nitrogen and oxygen atoms in total. The van der Waals surface area contributed by atoms with E-state index in [0.717, 1.165) is 17.5 Å². The minimum absolute atomic E-state index is 0.157. The van der Waals surface area contributed by atoms with E-state index in [1.807, 2.05) is 13.0 Å². The van der Waals surface area contributed by atoms with Gasteiger partial charge in [0.25, 0.3) is 0 Å². The Morgan fingerprint density at radius 2 is 2.29 bits per heavy atom. The van der Waals surface area contributed by atoms with Gasteiger partial charge in [0, 0.05) is 20.1 Å². The van der Waals surface area contributed by atoms with Gasteiger partial charge in [-0.3, -0.25) is 4.79 Å². The van der Waals surface area contributed by atoms with E-state index in [1.54, 1.807) is 17.7 Å². The molecule has 0 aliphatic carbocycles. The molecule has 1 aromatic heterocycles. The fourth-order valence-corrected chi connectivity index (χ4v) is 3.14. The van der Waals surface area contributed by atoms with Crippen LogP contribution in [0.15, 0.2) is 23.2 Å². The molecule has 1 amide bonds. The first-order chi connectivity index (χ1) is 10.2. The van der Waals surface area contributed by atoms with Gasteiger partial charge in [-0.1, -0.05) is 30.7 Å². The Kier molecular flexibility index (Phi) is 5.64. The summed E-state index contributed by atoms with van der Waals surface area (Å²) in [5, 5.41) is 0. The predicted molar refractivity (Wildman–Crippen MR) is 81.7 cm³/mol. The normalized spacial score (nSPS) is 12.2. The van der Waals surface area contributed by atoms with Crippen LogP contribution in [0, 0.1) is 5.82 Å². The quantitative estimate of drug-likeness (QED) is 0.823. The number of aromatic nitrogens is 1. The zero-order chi connectivity index (χ0) is 15.2. The number of hydrogen-bond acceptors (Lipinski definition) is 3. The summed E-state index contributed by atoms with van der Waals surface area (Å²) in [4.78, 5) is 16.5. The third-order valence-electron chi connectivity index (χ3n) is 3.14. The van der Waals surface area contributed by atoms with Crippen LogP contribution in [0.25, 0.3) is 10.2 Å². The summed E-state index contributed by atoms with van der Waals surface area (Å²) in [6, 6.07) is 4.92. The predicted octanol–water partition coefficient (Wildman–Crippen LogP) is 3.11. The maximum Gasteiger partial charge on any atom is 0.248 e. The lowest BCUT2D eigenvalue weighted by molar-refractivity contribution is -0.118. The molecule has 2 rings (SSSR count). The highest BCUT2D eigenvalue weighted by Gasteiger charge is 2.11. The number of unbranched alkanes of at least 4 members (excludes halogenated alkanes) is 1. The van der Waals surface area contributed by atoms with Crippen LogP contribution >= 0.6 is 11.3 Å². The molecule has 0 N–H and O–H groups in total. The van der Waals surface area contributed by atoms with Crippen LogP contribution < -0.4 is 4.80 Å². The molecular weight excluding hydrogens is 291 g/mol. The van der Waals surface area contributed by atoms with Gasteiger partial charge in [-0.15, -0.1) is 0 Å². The number of ether oxygens (including phenoxy) is 1. The van der Waals surface area contributed by atoms with Crippen molar-refractivity contribution in [2.24, 2.45) is 4.99 Å². The fraction of sp³-hybridized carbons (Fsp3) is 0.467. The molecule has 0 spiro atoms. The molecule has 21 heavy (non-hydrogen) atoms. The lowest BCUT2D eigenvalue weighted by Gasteiger charge is -2.04. The van der Waals surface area contributed by atoms with Crippen LogP contribution in [0.4, 0.5) is 4.39 Å². The van der Waals surface area contributed by atoms with Gasteiger partial charge >= 0.3 is 0 Å². The number of carbonyl (C=O) groups excluding carboxylic acids is 1. The van der Waals surface area contributed by atoms with Crippen molar-refractivity contribution in [3.63, 3.8) is 0 Å². The van der Waals surface area contributed by atoms with Gasteiger partial charge in [0.1, 0.15) is 5.82 Å². The molecule has 2 aromatic rings. The SMILES string of the molecule is CCCCC(=O)N=c1sc2cccc(F)c2n1CCOC. The summed E-state index contributed by atoms with van der Waals surface area (Å²) in [6.45, 7) is 2.94. The van der Waals surface area contributed by atoms with Crippen LogP contribution in [0.1, 0.15) is 26.2 Å². The Balaban J connectivity index is 2.49. The van der Waals surface area contributed by atoms with E-state index >= 15 is 0 Å². The van der Waals surface area contributed by atoms with E-state index in [-0.39, 0.29) is 11.7 Å². The minimum atomic E-state index is -0.303. The van der Waals surface area contributed by atoms with E-state index in [0.29, 0.717) is 29.9 Å². The van der Waals surface area contributed by atoms with E-state index in [4.69, 9.17) is 4.74 Å². The minimum Gasteiger partial charge on any atom is -0.383 e. The van der Waals surface area contributed by atoms with E-state index in [1.165, 1.54) is 17.4 Å². The summed E-state index contributed by atoms with van der Waals surface area (Å²) in [7, 11) is 1.59. The molecule has 1 aromatic carbocycles.